The van der Waals surface area contributed by atoms with E-state index >= 15 is 0 Å². The molecule has 0 aromatic heterocycles. The number of ketones is 1. The molecule has 5 nitrogen and oxygen atoms in total. The van der Waals surface area contributed by atoms with Gasteiger partial charge >= 0.3 is 0 Å². The first-order valence-corrected chi connectivity index (χ1v) is 7.59. The van der Waals surface area contributed by atoms with E-state index in [1.54, 1.807) is 28.1 Å². The van der Waals surface area contributed by atoms with Crippen LogP contribution in [0.4, 0.5) is 0 Å². The monoisotopic (exact) mass is 298 g/mol. The Bertz CT molecular complexity index is 432. The second kappa shape index (κ2) is 6.16. The van der Waals surface area contributed by atoms with Gasteiger partial charge in [0.15, 0.2) is 5.78 Å². The third-order valence-electron chi connectivity index (χ3n) is 4.62. The fourth-order valence-corrected chi connectivity index (χ4v) is 2.87. The van der Waals surface area contributed by atoms with Gasteiger partial charge in [-0.3, -0.25) is 4.79 Å². The van der Waals surface area contributed by atoms with Gasteiger partial charge < -0.3 is 18.9 Å². The maximum Gasteiger partial charge on any atom is 0.220 e. The van der Waals surface area contributed by atoms with E-state index in [0.29, 0.717) is 6.42 Å². The minimum atomic E-state index is -1.04. The zero-order valence-corrected chi connectivity index (χ0v) is 13.6. The predicted octanol–water partition coefficient (Wildman–Crippen LogP) is 2.59. The van der Waals surface area contributed by atoms with Crippen LogP contribution >= 0.6 is 0 Å². The Labute approximate surface area is 126 Å². The molecule has 0 bridgehead atoms. The van der Waals surface area contributed by atoms with E-state index in [-0.39, 0.29) is 18.0 Å². The van der Waals surface area contributed by atoms with Crippen molar-refractivity contribution in [3.63, 3.8) is 0 Å². The molecule has 4 atom stereocenters. The van der Waals surface area contributed by atoms with Gasteiger partial charge in [-0.1, -0.05) is 13.3 Å². The van der Waals surface area contributed by atoms with Crippen molar-refractivity contribution >= 4 is 5.78 Å². The zero-order valence-electron chi connectivity index (χ0n) is 13.6. The summed E-state index contributed by atoms with van der Waals surface area (Å²) in [6, 6.07) is 0. The molecule has 2 rings (SSSR count). The third-order valence-corrected chi connectivity index (χ3v) is 4.62. The summed E-state index contributed by atoms with van der Waals surface area (Å²) in [6.07, 6.45) is 4.50. The molecule has 21 heavy (non-hydrogen) atoms. The van der Waals surface area contributed by atoms with Crippen LogP contribution < -0.4 is 0 Å². The Morgan fingerprint density at radius 3 is 2.43 bits per heavy atom. The van der Waals surface area contributed by atoms with Crippen LogP contribution in [0.2, 0.25) is 0 Å². The molecular formula is C16H26O5. The smallest absolute Gasteiger partial charge is 0.220 e. The van der Waals surface area contributed by atoms with Gasteiger partial charge in [-0.2, -0.15) is 0 Å². The molecule has 0 saturated carbocycles. The highest BCUT2D eigenvalue weighted by Crippen LogP contribution is 2.42. The van der Waals surface area contributed by atoms with Crippen molar-refractivity contribution < 1.29 is 23.7 Å². The number of methoxy groups -OCH3 is 2. The summed E-state index contributed by atoms with van der Waals surface area (Å²) in [5.41, 5.74) is 0.848. The van der Waals surface area contributed by atoms with Gasteiger partial charge in [0.2, 0.25) is 11.6 Å². The summed E-state index contributed by atoms with van der Waals surface area (Å²) in [4.78, 5) is 12.2. The maximum atomic E-state index is 12.2. The summed E-state index contributed by atoms with van der Waals surface area (Å²) in [6.45, 7) is 5.68. The van der Waals surface area contributed by atoms with Gasteiger partial charge in [0, 0.05) is 20.6 Å². The topological polar surface area (TPSA) is 54.0 Å². The van der Waals surface area contributed by atoms with Gasteiger partial charge in [0.05, 0.1) is 6.10 Å². The Morgan fingerprint density at radius 2 is 1.86 bits per heavy atom. The number of ether oxygens (including phenoxy) is 4. The maximum absolute atomic E-state index is 12.2. The van der Waals surface area contributed by atoms with Gasteiger partial charge in [-0.25, -0.2) is 0 Å². The summed E-state index contributed by atoms with van der Waals surface area (Å²) in [5.74, 6) is -1.92. The normalized spacial score (nSPS) is 39.9. The predicted molar refractivity (Wildman–Crippen MR) is 77.8 cm³/mol. The number of hydrogen-bond acceptors (Lipinski definition) is 5. The van der Waals surface area contributed by atoms with Gasteiger partial charge in [0.25, 0.3) is 0 Å². The van der Waals surface area contributed by atoms with Crippen molar-refractivity contribution in [2.75, 3.05) is 14.2 Å². The molecule has 0 unspecified atom stereocenters. The molecule has 1 heterocycles. The van der Waals surface area contributed by atoms with E-state index in [2.05, 4.69) is 6.92 Å². The second-order valence-corrected chi connectivity index (χ2v) is 5.96. The van der Waals surface area contributed by atoms with Crippen LogP contribution in [0.5, 0.6) is 0 Å². The van der Waals surface area contributed by atoms with Crippen molar-refractivity contribution in [1.82, 2.24) is 0 Å². The summed E-state index contributed by atoms with van der Waals surface area (Å²) in [7, 11) is 3.12. The van der Waals surface area contributed by atoms with E-state index in [9.17, 15) is 4.79 Å². The molecule has 1 aliphatic heterocycles. The molecule has 1 saturated heterocycles. The number of carbonyl (C=O) groups excluding carboxylic acids is 1. The highest BCUT2D eigenvalue weighted by molar-refractivity contribution is 5.96. The van der Waals surface area contributed by atoms with Crippen LogP contribution in [0.25, 0.3) is 0 Å². The number of Topliss-reactive ketones (excluding diaryl/α,β-unsaturated/α-hetero) is 1. The molecule has 1 aliphatic carbocycles. The molecule has 2 aliphatic rings. The number of carbonyl (C=O) groups is 1. The molecule has 0 amide bonds. The van der Waals surface area contributed by atoms with E-state index in [4.69, 9.17) is 18.9 Å². The molecule has 0 radical (unpaired) electrons. The standard InChI is InChI=1S/C16H26O5/c1-6-7-8-11-9-13-14(10-12(11)17)21-16(3,19-5)15(2,18-4)20-13/h9,13-14H,6-8,10H2,1-5H3/t13-,14-,15+,16+/m1/s1. The summed E-state index contributed by atoms with van der Waals surface area (Å²) in [5, 5.41) is 0. The van der Waals surface area contributed by atoms with Crippen molar-refractivity contribution in [1.29, 1.82) is 0 Å². The van der Waals surface area contributed by atoms with Gasteiger partial charge in [0.1, 0.15) is 6.10 Å². The van der Waals surface area contributed by atoms with E-state index in [0.717, 1.165) is 24.8 Å². The van der Waals surface area contributed by atoms with Crippen LogP contribution in [0.3, 0.4) is 0 Å². The Hall–Kier alpha value is -0.750. The highest BCUT2D eigenvalue weighted by Gasteiger charge is 2.57. The lowest BCUT2D eigenvalue weighted by atomic mass is 9.88. The number of fused-ring (bicyclic) bond motifs is 1. The Morgan fingerprint density at radius 1 is 1.24 bits per heavy atom. The van der Waals surface area contributed by atoms with Crippen molar-refractivity contribution in [2.45, 2.75) is 70.2 Å². The summed E-state index contributed by atoms with van der Waals surface area (Å²) < 4.78 is 23.1. The molecule has 120 valence electrons. The van der Waals surface area contributed by atoms with E-state index < -0.39 is 11.6 Å². The van der Waals surface area contributed by atoms with Crippen LogP contribution in [-0.2, 0) is 23.7 Å². The number of allylic oxidation sites excluding steroid dienone is 1. The molecule has 1 fully saturated rings. The lowest BCUT2D eigenvalue weighted by Gasteiger charge is -2.52. The SMILES string of the molecule is CCCCC1=C[C@H]2O[C@](C)(OC)[C@@](C)(OC)O[C@@H]2CC1=O. The zero-order chi connectivity index (χ0) is 15.7. The average Bonchev–Trinajstić information content (AvgIpc) is 2.47. The van der Waals surface area contributed by atoms with E-state index in [1.807, 2.05) is 6.08 Å². The van der Waals surface area contributed by atoms with Crippen molar-refractivity contribution in [3.05, 3.63) is 11.6 Å². The fourth-order valence-electron chi connectivity index (χ4n) is 2.87. The molecule has 0 N–H and O–H groups in total. The number of unbranched alkanes of at least 4 members (excludes halogenated alkanes) is 1. The molecule has 5 heteroatoms. The largest absolute Gasteiger partial charge is 0.349 e. The van der Waals surface area contributed by atoms with Crippen LogP contribution in [0, 0.1) is 0 Å². The lowest BCUT2D eigenvalue weighted by molar-refractivity contribution is -0.442. The number of rotatable bonds is 5. The minimum absolute atomic E-state index is 0.146. The first-order valence-electron chi connectivity index (χ1n) is 7.59. The van der Waals surface area contributed by atoms with Crippen LogP contribution in [-0.4, -0.2) is 43.8 Å². The van der Waals surface area contributed by atoms with Crippen molar-refractivity contribution in [3.8, 4) is 0 Å². The Kier molecular flexibility index (Phi) is 4.88. The van der Waals surface area contributed by atoms with E-state index in [1.165, 1.54) is 0 Å². The second-order valence-electron chi connectivity index (χ2n) is 5.96. The molecule has 0 spiro atoms. The quantitative estimate of drug-likeness (QED) is 0.781. The fraction of sp³-hybridized carbons (Fsp3) is 0.812. The molecule has 0 aromatic carbocycles. The summed E-state index contributed by atoms with van der Waals surface area (Å²) >= 11 is 0. The number of hydrogen-bond donors (Lipinski definition) is 0. The third kappa shape index (κ3) is 2.93. The first-order chi connectivity index (χ1) is 9.89. The minimum Gasteiger partial charge on any atom is -0.349 e. The average molecular weight is 298 g/mol. The van der Waals surface area contributed by atoms with Gasteiger partial charge in [-0.05, 0) is 38.3 Å². The molecular weight excluding hydrogens is 272 g/mol. The molecule has 0 aromatic rings. The first kappa shape index (κ1) is 16.6. The van der Waals surface area contributed by atoms with Crippen molar-refractivity contribution in [2.24, 2.45) is 0 Å². The van der Waals surface area contributed by atoms with Crippen LogP contribution in [0.1, 0.15) is 46.5 Å². The van der Waals surface area contributed by atoms with Gasteiger partial charge in [-0.15, -0.1) is 0 Å². The highest BCUT2D eigenvalue weighted by atomic mass is 16.8. The Balaban J connectivity index is 2.24. The van der Waals surface area contributed by atoms with Crippen LogP contribution in [0.15, 0.2) is 11.6 Å². The lowest BCUT2D eigenvalue weighted by Crippen LogP contribution is -2.65.